The Kier molecular flexibility index (Phi) is 4.61. The van der Waals surface area contributed by atoms with Gasteiger partial charge in [-0.3, -0.25) is 4.79 Å². The van der Waals surface area contributed by atoms with E-state index >= 15 is 0 Å². The highest BCUT2D eigenvalue weighted by Crippen LogP contribution is 2.29. The second-order valence-electron chi connectivity index (χ2n) is 4.78. The van der Waals surface area contributed by atoms with Crippen LogP contribution in [0, 0.1) is 5.92 Å². The van der Waals surface area contributed by atoms with Gasteiger partial charge in [-0.1, -0.05) is 23.7 Å². The molecule has 0 bridgehead atoms. The van der Waals surface area contributed by atoms with Crippen molar-refractivity contribution >= 4 is 17.5 Å². The van der Waals surface area contributed by atoms with E-state index in [0.717, 1.165) is 18.4 Å². The van der Waals surface area contributed by atoms with Crippen LogP contribution in [-0.4, -0.2) is 24.2 Å². The molecule has 1 aliphatic carbocycles. The first-order valence-electron chi connectivity index (χ1n) is 6.34. The number of aliphatic hydroxyl groups is 1. The van der Waals surface area contributed by atoms with Crippen molar-refractivity contribution in [2.75, 3.05) is 13.2 Å². The van der Waals surface area contributed by atoms with Gasteiger partial charge in [-0.2, -0.15) is 0 Å². The van der Waals surface area contributed by atoms with Gasteiger partial charge in [0, 0.05) is 30.0 Å². The number of amides is 1. The molecule has 0 aromatic heterocycles. The van der Waals surface area contributed by atoms with Gasteiger partial charge in [0.15, 0.2) is 0 Å². The van der Waals surface area contributed by atoms with Crippen molar-refractivity contribution in [1.82, 2.24) is 5.32 Å². The number of nitrogens with one attached hydrogen (secondary N) is 1. The smallest absolute Gasteiger partial charge is 0.223 e. The summed E-state index contributed by atoms with van der Waals surface area (Å²) in [5.74, 6) is 0.482. The van der Waals surface area contributed by atoms with Gasteiger partial charge in [0.1, 0.15) is 0 Å². The third-order valence-corrected chi connectivity index (χ3v) is 3.50. The lowest BCUT2D eigenvalue weighted by atomic mass is 9.96. The molecule has 1 saturated carbocycles. The molecule has 0 heterocycles. The molecule has 0 spiro atoms. The Morgan fingerprint density at radius 1 is 1.50 bits per heavy atom. The van der Waals surface area contributed by atoms with Crippen LogP contribution in [0.5, 0.6) is 0 Å². The average molecular weight is 268 g/mol. The monoisotopic (exact) mass is 267 g/mol. The van der Waals surface area contributed by atoms with E-state index in [1.165, 1.54) is 0 Å². The zero-order valence-corrected chi connectivity index (χ0v) is 11.0. The maximum absolute atomic E-state index is 11.6. The van der Waals surface area contributed by atoms with Gasteiger partial charge in [0.25, 0.3) is 0 Å². The fourth-order valence-corrected chi connectivity index (χ4v) is 2.22. The number of benzene rings is 1. The largest absolute Gasteiger partial charge is 0.396 e. The molecule has 4 heteroatoms. The highest BCUT2D eigenvalue weighted by Gasteiger charge is 2.29. The summed E-state index contributed by atoms with van der Waals surface area (Å²) in [7, 11) is 0. The Labute approximate surface area is 112 Å². The van der Waals surface area contributed by atoms with Gasteiger partial charge in [-0.05, 0) is 37.0 Å². The SMILES string of the molecule is O=C(NC[C@H](CCO)c1cccc(Cl)c1)C1CC1. The van der Waals surface area contributed by atoms with Gasteiger partial charge in [-0.25, -0.2) is 0 Å². The van der Waals surface area contributed by atoms with Crippen LogP contribution in [0.25, 0.3) is 0 Å². The summed E-state index contributed by atoms with van der Waals surface area (Å²) in [4.78, 5) is 11.6. The topological polar surface area (TPSA) is 49.3 Å². The van der Waals surface area contributed by atoms with Gasteiger partial charge >= 0.3 is 0 Å². The van der Waals surface area contributed by atoms with Gasteiger partial charge in [0.2, 0.25) is 5.91 Å². The average Bonchev–Trinajstić information content (AvgIpc) is 3.18. The first-order valence-corrected chi connectivity index (χ1v) is 6.72. The third kappa shape index (κ3) is 3.72. The summed E-state index contributed by atoms with van der Waals surface area (Å²) in [6.07, 6.45) is 2.65. The summed E-state index contributed by atoms with van der Waals surface area (Å²) >= 11 is 5.96. The second-order valence-corrected chi connectivity index (χ2v) is 5.22. The Morgan fingerprint density at radius 2 is 2.28 bits per heavy atom. The summed E-state index contributed by atoms with van der Waals surface area (Å²) < 4.78 is 0. The number of hydrogen-bond donors (Lipinski definition) is 2. The molecule has 18 heavy (non-hydrogen) atoms. The number of aliphatic hydroxyl groups excluding tert-OH is 1. The fraction of sp³-hybridized carbons (Fsp3) is 0.500. The predicted octanol–water partition coefficient (Wildman–Crippen LogP) is 2.33. The molecule has 0 aliphatic heterocycles. The van der Waals surface area contributed by atoms with Crippen molar-refractivity contribution in [2.24, 2.45) is 5.92 Å². The van der Waals surface area contributed by atoms with E-state index in [0.29, 0.717) is 18.0 Å². The summed E-state index contributed by atoms with van der Waals surface area (Å²) in [6, 6.07) is 7.59. The summed E-state index contributed by atoms with van der Waals surface area (Å²) in [5, 5.41) is 12.7. The van der Waals surface area contributed by atoms with Gasteiger partial charge in [0.05, 0.1) is 0 Å². The first kappa shape index (κ1) is 13.4. The molecule has 0 unspecified atom stereocenters. The first-order chi connectivity index (χ1) is 8.70. The number of rotatable bonds is 6. The highest BCUT2D eigenvalue weighted by atomic mass is 35.5. The number of halogens is 1. The normalized spacial score (nSPS) is 16.3. The molecule has 98 valence electrons. The molecule has 1 aromatic rings. The van der Waals surface area contributed by atoms with E-state index in [2.05, 4.69) is 5.32 Å². The number of carbonyl (C=O) groups is 1. The maximum Gasteiger partial charge on any atom is 0.223 e. The molecular weight excluding hydrogens is 250 g/mol. The van der Waals surface area contributed by atoms with E-state index < -0.39 is 0 Å². The van der Waals surface area contributed by atoms with E-state index in [1.807, 2.05) is 24.3 Å². The molecule has 2 rings (SSSR count). The van der Waals surface area contributed by atoms with Crippen LogP contribution >= 0.6 is 11.6 Å². The lowest BCUT2D eigenvalue weighted by Crippen LogP contribution is -2.29. The Hall–Kier alpha value is -1.06. The van der Waals surface area contributed by atoms with Crippen molar-refractivity contribution in [1.29, 1.82) is 0 Å². The van der Waals surface area contributed by atoms with E-state index in [-0.39, 0.29) is 24.3 Å². The fourth-order valence-electron chi connectivity index (χ4n) is 2.02. The van der Waals surface area contributed by atoms with Crippen LogP contribution in [0.2, 0.25) is 5.02 Å². The van der Waals surface area contributed by atoms with Crippen LogP contribution in [0.4, 0.5) is 0 Å². The minimum Gasteiger partial charge on any atom is -0.396 e. The molecule has 0 saturated heterocycles. The van der Waals surface area contributed by atoms with Crippen molar-refractivity contribution in [3.8, 4) is 0 Å². The molecule has 1 fully saturated rings. The number of carbonyl (C=O) groups excluding carboxylic acids is 1. The molecule has 1 amide bonds. The summed E-state index contributed by atoms with van der Waals surface area (Å²) in [5.41, 5.74) is 1.06. The van der Waals surface area contributed by atoms with Crippen molar-refractivity contribution in [2.45, 2.75) is 25.2 Å². The lowest BCUT2D eigenvalue weighted by molar-refractivity contribution is -0.122. The van der Waals surface area contributed by atoms with Crippen LogP contribution in [-0.2, 0) is 4.79 Å². The van der Waals surface area contributed by atoms with E-state index in [1.54, 1.807) is 0 Å². The van der Waals surface area contributed by atoms with Gasteiger partial charge in [-0.15, -0.1) is 0 Å². The zero-order chi connectivity index (χ0) is 13.0. The maximum atomic E-state index is 11.6. The van der Waals surface area contributed by atoms with Crippen molar-refractivity contribution in [3.05, 3.63) is 34.9 Å². The standard InChI is InChI=1S/C14H18ClNO2/c15-13-3-1-2-11(8-13)12(6-7-17)9-16-14(18)10-4-5-10/h1-3,8,10,12,17H,4-7,9H2,(H,16,18)/t12-/m0/s1. The quantitative estimate of drug-likeness (QED) is 0.831. The Morgan fingerprint density at radius 3 is 2.89 bits per heavy atom. The van der Waals surface area contributed by atoms with E-state index in [9.17, 15) is 4.79 Å². The molecule has 1 aliphatic rings. The zero-order valence-electron chi connectivity index (χ0n) is 10.2. The second kappa shape index (κ2) is 6.21. The van der Waals surface area contributed by atoms with Crippen LogP contribution in [0.3, 0.4) is 0 Å². The number of hydrogen-bond acceptors (Lipinski definition) is 2. The highest BCUT2D eigenvalue weighted by molar-refractivity contribution is 6.30. The molecule has 2 N–H and O–H groups in total. The molecule has 0 radical (unpaired) electrons. The minimum absolute atomic E-state index is 0.108. The molecule has 1 atom stereocenters. The lowest BCUT2D eigenvalue weighted by Gasteiger charge is -2.17. The van der Waals surface area contributed by atoms with Gasteiger partial charge < -0.3 is 10.4 Å². The van der Waals surface area contributed by atoms with Crippen LogP contribution in [0.15, 0.2) is 24.3 Å². The molecular formula is C14H18ClNO2. The van der Waals surface area contributed by atoms with E-state index in [4.69, 9.17) is 16.7 Å². The Balaban J connectivity index is 1.96. The van der Waals surface area contributed by atoms with Crippen molar-refractivity contribution in [3.63, 3.8) is 0 Å². The molecule has 3 nitrogen and oxygen atoms in total. The Bertz CT molecular complexity index is 418. The van der Waals surface area contributed by atoms with Crippen molar-refractivity contribution < 1.29 is 9.90 Å². The van der Waals surface area contributed by atoms with Crippen LogP contribution < -0.4 is 5.32 Å². The minimum atomic E-state index is 0.108. The molecule has 1 aromatic carbocycles. The predicted molar refractivity (Wildman–Crippen MR) is 71.6 cm³/mol. The van der Waals surface area contributed by atoms with Crippen LogP contribution in [0.1, 0.15) is 30.7 Å². The summed E-state index contributed by atoms with van der Waals surface area (Å²) in [6.45, 7) is 0.673. The third-order valence-electron chi connectivity index (χ3n) is 3.27.